The summed E-state index contributed by atoms with van der Waals surface area (Å²) in [5, 5.41) is 3.19. The van der Waals surface area contributed by atoms with Gasteiger partial charge in [-0.05, 0) is 39.5 Å². The molecule has 0 bridgehead atoms. The number of hydrogen-bond donors (Lipinski definition) is 2. The van der Waals surface area contributed by atoms with E-state index < -0.39 is 0 Å². The molecule has 4 heteroatoms. The Bertz CT molecular complexity index is 281. The van der Waals surface area contributed by atoms with E-state index in [4.69, 9.17) is 10.5 Å². The van der Waals surface area contributed by atoms with Crippen molar-refractivity contribution in [1.82, 2.24) is 5.32 Å². The van der Waals surface area contributed by atoms with Gasteiger partial charge in [0.05, 0.1) is 6.10 Å². The fraction of sp³-hybridized carbons (Fsp3) is 0.929. The molecule has 1 rings (SSSR count). The van der Waals surface area contributed by atoms with Gasteiger partial charge in [-0.15, -0.1) is 0 Å². The highest BCUT2D eigenvalue weighted by atomic mass is 16.5. The van der Waals surface area contributed by atoms with Crippen LogP contribution in [0.25, 0.3) is 0 Å². The minimum Gasteiger partial charge on any atom is -0.378 e. The predicted octanol–water partition coefficient (Wildman–Crippen LogP) is 2.14. The smallest absolute Gasteiger partial charge is 0.188 e. The molecule has 1 fully saturated rings. The van der Waals surface area contributed by atoms with Crippen molar-refractivity contribution in [3.05, 3.63) is 0 Å². The minimum absolute atomic E-state index is 0.0336. The Morgan fingerprint density at radius 3 is 2.67 bits per heavy atom. The van der Waals surface area contributed by atoms with Crippen molar-refractivity contribution in [2.75, 3.05) is 13.2 Å². The highest BCUT2D eigenvalue weighted by Crippen LogP contribution is 2.26. The standard InChI is InChI=1S/C14H29N3O/c1-10(2)12-11(7-6-8-18-12)9-16-13(15)17-14(3,4)5/h10-12H,6-9H2,1-5H3,(H3,15,16,17). The first-order chi connectivity index (χ1) is 8.29. The second kappa shape index (κ2) is 6.41. The van der Waals surface area contributed by atoms with Crippen LogP contribution in [0.1, 0.15) is 47.5 Å². The summed E-state index contributed by atoms with van der Waals surface area (Å²) in [6.45, 7) is 12.3. The maximum absolute atomic E-state index is 5.90. The van der Waals surface area contributed by atoms with Crippen LogP contribution in [-0.4, -0.2) is 30.8 Å². The average molecular weight is 255 g/mol. The maximum atomic E-state index is 5.90. The average Bonchev–Trinajstić information content (AvgIpc) is 2.24. The summed E-state index contributed by atoms with van der Waals surface area (Å²) in [5.74, 6) is 1.58. The lowest BCUT2D eigenvalue weighted by Crippen LogP contribution is -2.45. The van der Waals surface area contributed by atoms with Gasteiger partial charge >= 0.3 is 0 Å². The third-order valence-corrected chi connectivity index (χ3v) is 3.15. The molecular formula is C14H29N3O. The number of nitrogens with zero attached hydrogens (tertiary/aromatic N) is 1. The van der Waals surface area contributed by atoms with Crippen LogP contribution in [0.15, 0.2) is 4.99 Å². The molecule has 106 valence electrons. The van der Waals surface area contributed by atoms with Gasteiger partial charge in [-0.25, -0.2) is 0 Å². The van der Waals surface area contributed by atoms with Crippen LogP contribution in [0.4, 0.5) is 0 Å². The molecule has 1 saturated heterocycles. The van der Waals surface area contributed by atoms with Crippen molar-refractivity contribution in [1.29, 1.82) is 0 Å². The Morgan fingerprint density at radius 2 is 2.11 bits per heavy atom. The second-order valence-electron chi connectivity index (χ2n) is 6.58. The third kappa shape index (κ3) is 5.25. The van der Waals surface area contributed by atoms with Crippen molar-refractivity contribution >= 4 is 5.96 Å². The molecule has 1 aliphatic rings. The Balaban J connectivity index is 2.52. The molecule has 2 unspecified atom stereocenters. The van der Waals surface area contributed by atoms with Gasteiger partial charge in [-0.3, -0.25) is 4.99 Å². The van der Waals surface area contributed by atoms with Gasteiger partial charge in [-0.1, -0.05) is 13.8 Å². The lowest BCUT2D eigenvalue weighted by molar-refractivity contribution is -0.0491. The zero-order chi connectivity index (χ0) is 13.8. The second-order valence-corrected chi connectivity index (χ2v) is 6.58. The first-order valence-electron chi connectivity index (χ1n) is 6.99. The van der Waals surface area contributed by atoms with Crippen molar-refractivity contribution < 1.29 is 4.74 Å². The van der Waals surface area contributed by atoms with Crippen LogP contribution in [0.3, 0.4) is 0 Å². The lowest BCUT2D eigenvalue weighted by Gasteiger charge is -2.33. The summed E-state index contributed by atoms with van der Waals surface area (Å²) >= 11 is 0. The number of hydrogen-bond acceptors (Lipinski definition) is 2. The van der Waals surface area contributed by atoms with Gasteiger partial charge in [0.25, 0.3) is 0 Å². The van der Waals surface area contributed by atoms with Crippen LogP contribution in [0, 0.1) is 11.8 Å². The number of aliphatic imine (C=N–C) groups is 1. The van der Waals surface area contributed by atoms with E-state index in [-0.39, 0.29) is 5.54 Å². The third-order valence-electron chi connectivity index (χ3n) is 3.15. The number of nitrogens with two attached hydrogens (primary N) is 1. The van der Waals surface area contributed by atoms with Crippen LogP contribution < -0.4 is 11.1 Å². The van der Waals surface area contributed by atoms with Crippen LogP contribution >= 0.6 is 0 Å². The quantitative estimate of drug-likeness (QED) is 0.600. The Kier molecular flexibility index (Phi) is 5.45. The van der Waals surface area contributed by atoms with Crippen LogP contribution in [0.5, 0.6) is 0 Å². The molecule has 18 heavy (non-hydrogen) atoms. The van der Waals surface area contributed by atoms with E-state index in [9.17, 15) is 0 Å². The van der Waals surface area contributed by atoms with Crippen molar-refractivity contribution in [3.63, 3.8) is 0 Å². The van der Waals surface area contributed by atoms with E-state index in [1.165, 1.54) is 6.42 Å². The van der Waals surface area contributed by atoms with Gasteiger partial charge in [0.1, 0.15) is 0 Å². The van der Waals surface area contributed by atoms with Gasteiger partial charge in [0.15, 0.2) is 5.96 Å². The molecule has 0 amide bonds. The summed E-state index contributed by atoms with van der Waals surface area (Å²) in [6.07, 6.45) is 2.65. The van der Waals surface area contributed by atoms with Crippen molar-refractivity contribution in [3.8, 4) is 0 Å². The monoisotopic (exact) mass is 255 g/mol. The topological polar surface area (TPSA) is 59.6 Å². The molecule has 0 spiro atoms. The first-order valence-corrected chi connectivity index (χ1v) is 6.99. The number of ether oxygens (including phenoxy) is 1. The summed E-state index contributed by atoms with van der Waals surface area (Å²) in [5.41, 5.74) is 5.86. The number of rotatable bonds is 3. The Morgan fingerprint density at radius 1 is 1.44 bits per heavy atom. The SMILES string of the molecule is CC(C)C1OCCCC1CN=C(N)NC(C)(C)C. The molecule has 0 saturated carbocycles. The zero-order valence-corrected chi connectivity index (χ0v) is 12.5. The summed E-state index contributed by atoms with van der Waals surface area (Å²) in [4.78, 5) is 4.47. The molecule has 2 atom stereocenters. The summed E-state index contributed by atoms with van der Waals surface area (Å²) in [7, 11) is 0. The van der Waals surface area contributed by atoms with E-state index in [0.717, 1.165) is 19.6 Å². The molecule has 0 aromatic carbocycles. The van der Waals surface area contributed by atoms with Gasteiger partial charge < -0.3 is 15.8 Å². The highest BCUT2D eigenvalue weighted by molar-refractivity contribution is 5.78. The molecule has 0 aromatic heterocycles. The van der Waals surface area contributed by atoms with Crippen molar-refractivity contribution in [2.45, 2.75) is 59.1 Å². The maximum Gasteiger partial charge on any atom is 0.188 e. The van der Waals surface area contributed by atoms with Gasteiger partial charge in [0.2, 0.25) is 0 Å². The molecular weight excluding hydrogens is 226 g/mol. The predicted molar refractivity (Wildman–Crippen MR) is 76.7 cm³/mol. The van der Waals surface area contributed by atoms with Crippen LogP contribution in [-0.2, 0) is 4.74 Å². The van der Waals surface area contributed by atoms with Crippen molar-refractivity contribution in [2.24, 2.45) is 22.6 Å². The molecule has 0 radical (unpaired) electrons. The van der Waals surface area contributed by atoms with E-state index in [2.05, 4.69) is 44.9 Å². The highest BCUT2D eigenvalue weighted by Gasteiger charge is 2.28. The van der Waals surface area contributed by atoms with E-state index in [0.29, 0.717) is 23.9 Å². The fourth-order valence-corrected chi connectivity index (χ4v) is 2.44. The van der Waals surface area contributed by atoms with E-state index in [1.807, 2.05) is 0 Å². The van der Waals surface area contributed by atoms with E-state index >= 15 is 0 Å². The molecule has 4 nitrogen and oxygen atoms in total. The first kappa shape index (κ1) is 15.3. The van der Waals surface area contributed by atoms with E-state index in [1.54, 1.807) is 0 Å². The molecule has 0 aromatic rings. The largest absolute Gasteiger partial charge is 0.378 e. The van der Waals surface area contributed by atoms with Gasteiger partial charge in [-0.2, -0.15) is 0 Å². The number of guanidine groups is 1. The molecule has 3 N–H and O–H groups in total. The minimum atomic E-state index is -0.0336. The molecule has 1 aliphatic heterocycles. The van der Waals surface area contributed by atoms with Crippen LogP contribution in [0.2, 0.25) is 0 Å². The Hall–Kier alpha value is -0.770. The summed E-state index contributed by atoms with van der Waals surface area (Å²) < 4.78 is 5.85. The molecule has 1 heterocycles. The van der Waals surface area contributed by atoms with Gasteiger partial charge in [0, 0.05) is 24.6 Å². The molecule has 0 aliphatic carbocycles. The lowest BCUT2D eigenvalue weighted by atomic mass is 9.87. The Labute approximate surface area is 111 Å². The number of nitrogens with one attached hydrogen (secondary N) is 1. The zero-order valence-electron chi connectivity index (χ0n) is 12.5. The summed E-state index contributed by atoms with van der Waals surface area (Å²) in [6, 6.07) is 0. The normalized spacial score (nSPS) is 26.4. The fourth-order valence-electron chi connectivity index (χ4n) is 2.44.